The molecule has 0 bridgehead atoms. The summed E-state index contributed by atoms with van der Waals surface area (Å²) in [4.78, 5) is 26.0. The first kappa shape index (κ1) is 20.5. The third-order valence-electron chi connectivity index (χ3n) is 4.16. The minimum atomic E-state index is -0.752. The first-order chi connectivity index (χ1) is 12.1. The summed E-state index contributed by atoms with van der Waals surface area (Å²) >= 11 is 3.34. The van der Waals surface area contributed by atoms with Gasteiger partial charge in [-0.2, -0.15) is 0 Å². The molecule has 1 aliphatic rings. The molecular weight excluding hydrogens is 402 g/mol. The largest absolute Gasteiger partial charge is 0.444 e. The van der Waals surface area contributed by atoms with Crippen LogP contribution in [0.4, 0.5) is 15.3 Å². The zero-order chi connectivity index (χ0) is 19.4. The van der Waals surface area contributed by atoms with Gasteiger partial charge in [-0.25, -0.2) is 9.59 Å². The molecule has 0 spiro atoms. The molecule has 7 nitrogen and oxygen atoms in total. The average Bonchev–Trinajstić information content (AvgIpc) is 2.56. The molecule has 1 fully saturated rings. The van der Waals surface area contributed by atoms with E-state index in [0.717, 1.165) is 4.47 Å². The van der Waals surface area contributed by atoms with E-state index in [2.05, 4.69) is 26.6 Å². The van der Waals surface area contributed by atoms with Crippen molar-refractivity contribution in [3.8, 4) is 0 Å². The molecule has 144 valence electrons. The number of halogens is 1. The Labute approximate surface area is 162 Å². The fraction of sp³-hybridized carbons (Fsp3) is 0.556. The molecule has 0 radical (unpaired) electrons. The molecule has 0 aliphatic carbocycles. The number of hydrogen-bond acceptors (Lipinski definition) is 4. The van der Waals surface area contributed by atoms with E-state index in [-0.39, 0.29) is 18.7 Å². The Morgan fingerprint density at radius 1 is 1.23 bits per heavy atom. The fourth-order valence-electron chi connectivity index (χ4n) is 2.70. The number of benzene rings is 1. The van der Waals surface area contributed by atoms with E-state index in [1.807, 2.05) is 32.9 Å². The van der Waals surface area contributed by atoms with Gasteiger partial charge >= 0.3 is 12.1 Å². The molecule has 0 unspecified atom stereocenters. The smallest absolute Gasteiger partial charge is 0.410 e. The van der Waals surface area contributed by atoms with Crippen molar-refractivity contribution in [2.45, 2.75) is 44.8 Å². The Hall–Kier alpha value is -1.80. The van der Waals surface area contributed by atoms with Crippen LogP contribution in [-0.4, -0.2) is 53.0 Å². The van der Waals surface area contributed by atoms with E-state index in [1.165, 1.54) is 0 Å². The molecule has 0 atom stereocenters. The van der Waals surface area contributed by atoms with Crippen LogP contribution >= 0.6 is 15.9 Å². The average molecular weight is 428 g/mol. The molecule has 3 N–H and O–H groups in total. The number of carbonyl (C=O) groups excluding carboxylic acids is 2. The highest BCUT2D eigenvalue weighted by molar-refractivity contribution is 9.10. The minimum absolute atomic E-state index is 0.192. The Bertz CT molecular complexity index is 635. The van der Waals surface area contributed by atoms with Crippen molar-refractivity contribution in [2.75, 3.05) is 25.0 Å². The van der Waals surface area contributed by atoms with Crippen LogP contribution < -0.4 is 10.6 Å². The van der Waals surface area contributed by atoms with Crippen molar-refractivity contribution in [1.82, 2.24) is 10.2 Å². The minimum Gasteiger partial charge on any atom is -0.444 e. The Morgan fingerprint density at radius 3 is 2.31 bits per heavy atom. The van der Waals surface area contributed by atoms with Gasteiger partial charge in [0.05, 0.1) is 12.1 Å². The second-order valence-electron chi connectivity index (χ2n) is 7.49. The molecule has 1 aromatic carbocycles. The summed E-state index contributed by atoms with van der Waals surface area (Å²) in [5, 5.41) is 15.4. The SMILES string of the molecule is CC(C)(C)OC(=O)N1CCC(CO)(NC(=O)Nc2ccc(Br)cc2)CC1. The van der Waals surface area contributed by atoms with Gasteiger partial charge in [0, 0.05) is 23.2 Å². The van der Waals surface area contributed by atoms with E-state index < -0.39 is 11.1 Å². The van der Waals surface area contributed by atoms with Crippen molar-refractivity contribution >= 4 is 33.7 Å². The van der Waals surface area contributed by atoms with Crippen LogP contribution in [0.15, 0.2) is 28.7 Å². The van der Waals surface area contributed by atoms with E-state index >= 15 is 0 Å². The Kier molecular flexibility index (Phi) is 6.52. The quantitative estimate of drug-likeness (QED) is 0.689. The summed E-state index contributed by atoms with van der Waals surface area (Å²) in [6.07, 6.45) is 0.538. The molecule has 0 saturated carbocycles. The molecule has 8 heteroatoms. The van der Waals surface area contributed by atoms with Crippen molar-refractivity contribution in [3.63, 3.8) is 0 Å². The number of amides is 3. The molecule has 26 heavy (non-hydrogen) atoms. The Balaban J connectivity index is 1.90. The predicted octanol–water partition coefficient (Wildman–Crippen LogP) is 3.33. The van der Waals surface area contributed by atoms with Gasteiger partial charge < -0.3 is 25.4 Å². The molecule has 0 aromatic heterocycles. The number of nitrogens with zero attached hydrogens (tertiary/aromatic N) is 1. The first-order valence-electron chi connectivity index (χ1n) is 8.56. The summed E-state index contributed by atoms with van der Waals surface area (Å²) in [7, 11) is 0. The van der Waals surface area contributed by atoms with E-state index in [1.54, 1.807) is 17.0 Å². The zero-order valence-electron chi connectivity index (χ0n) is 15.3. The fourth-order valence-corrected chi connectivity index (χ4v) is 2.97. The lowest BCUT2D eigenvalue weighted by Gasteiger charge is -2.41. The van der Waals surface area contributed by atoms with Gasteiger partial charge in [0.1, 0.15) is 5.60 Å². The highest BCUT2D eigenvalue weighted by atomic mass is 79.9. The Morgan fingerprint density at radius 2 is 1.81 bits per heavy atom. The van der Waals surface area contributed by atoms with Crippen molar-refractivity contribution in [1.29, 1.82) is 0 Å². The summed E-state index contributed by atoms with van der Waals surface area (Å²) in [5.74, 6) is 0. The molecular formula is C18H26BrN3O4. The number of hydrogen-bond donors (Lipinski definition) is 3. The van der Waals surface area contributed by atoms with Gasteiger partial charge in [0.15, 0.2) is 0 Å². The highest BCUT2D eigenvalue weighted by Gasteiger charge is 2.38. The number of anilines is 1. The lowest BCUT2D eigenvalue weighted by atomic mass is 9.88. The number of aliphatic hydroxyl groups is 1. The van der Waals surface area contributed by atoms with E-state index in [9.17, 15) is 14.7 Å². The van der Waals surface area contributed by atoms with Crippen LogP contribution in [0.2, 0.25) is 0 Å². The number of likely N-dealkylation sites (tertiary alicyclic amines) is 1. The first-order valence-corrected chi connectivity index (χ1v) is 9.35. The maximum Gasteiger partial charge on any atom is 0.410 e. The number of piperidine rings is 1. The van der Waals surface area contributed by atoms with Crippen molar-refractivity contribution in [2.24, 2.45) is 0 Å². The molecule has 1 saturated heterocycles. The summed E-state index contributed by atoms with van der Waals surface area (Å²) in [6.45, 7) is 6.09. The van der Waals surface area contributed by atoms with Gasteiger partial charge in [-0.15, -0.1) is 0 Å². The van der Waals surface area contributed by atoms with Gasteiger partial charge in [-0.3, -0.25) is 0 Å². The second kappa shape index (κ2) is 8.26. The van der Waals surface area contributed by atoms with Crippen LogP contribution in [-0.2, 0) is 4.74 Å². The third-order valence-corrected chi connectivity index (χ3v) is 4.68. The number of urea groups is 1. The zero-order valence-corrected chi connectivity index (χ0v) is 16.9. The maximum absolute atomic E-state index is 12.3. The van der Waals surface area contributed by atoms with Gasteiger partial charge in [-0.1, -0.05) is 15.9 Å². The topological polar surface area (TPSA) is 90.9 Å². The number of rotatable bonds is 3. The van der Waals surface area contributed by atoms with Crippen LogP contribution in [0.3, 0.4) is 0 Å². The van der Waals surface area contributed by atoms with Crippen molar-refractivity contribution < 1.29 is 19.4 Å². The van der Waals surface area contributed by atoms with E-state index in [4.69, 9.17) is 4.74 Å². The highest BCUT2D eigenvalue weighted by Crippen LogP contribution is 2.24. The number of carbonyl (C=O) groups is 2. The second-order valence-corrected chi connectivity index (χ2v) is 8.41. The van der Waals surface area contributed by atoms with E-state index in [0.29, 0.717) is 31.6 Å². The van der Waals surface area contributed by atoms with Crippen molar-refractivity contribution in [3.05, 3.63) is 28.7 Å². The lowest BCUT2D eigenvalue weighted by molar-refractivity contribution is 0.0109. The van der Waals surface area contributed by atoms with Crippen LogP contribution in [0.1, 0.15) is 33.6 Å². The summed E-state index contributed by atoms with van der Waals surface area (Å²) < 4.78 is 6.29. The van der Waals surface area contributed by atoms with Crippen LogP contribution in [0.5, 0.6) is 0 Å². The normalized spacial score (nSPS) is 16.7. The lowest BCUT2D eigenvalue weighted by Crippen LogP contribution is -2.59. The summed E-state index contributed by atoms with van der Waals surface area (Å²) in [5.41, 5.74) is -0.645. The van der Waals surface area contributed by atoms with Crippen LogP contribution in [0, 0.1) is 0 Å². The predicted molar refractivity (Wildman–Crippen MR) is 103 cm³/mol. The molecule has 3 amide bonds. The van der Waals surface area contributed by atoms with Gasteiger partial charge in [0.25, 0.3) is 0 Å². The maximum atomic E-state index is 12.3. The number of ether oxygens (including phenoxy) is 1. The van der Waals surface area contributed by atoms with Crippen LogP contribution in [0.25, 0.3) is 0 Å². The third kappa shape index (κ3) is 5.88. The molecule has 2 rings (SSSR count). The molecule has 1 aromatic rings. The van der Waals surface area contributed by atoms with Gasteiger partial charge in [0.2, 0.25) is 0 Å². The molecule has 1 aliphatic heterocycles. The standard InChI is InChI=1S/C18H26BrN3O4/c1-17(2,3)26-16(25)22-10-8-18(12-23,9-11-22)21-15(24)20-14-6-4-13(19)5-7-14/h4-7,23H,8-12H2,1-3H3,(H2,20,21,24). The summed E-state index contributed by atoms with van der Waals surface area (Å²) in [6, 6.07) is 6.83. The number of aliphatic hydroxyl groups excluding tert-OH is 1. The van der Waals surface area contributed by atoms with Gasteiger partial charge in [-0.05, 0) is 57.9 Å². The molecule has 1 heterocycles. The number of nitrogens with one attached hydrogen (secondary N) is 2. The monoisotopic (exact) mass is 427 g/mol.